The molecule has 4 rings (SSSR count). The van der Waals surface area contributed by atoms with Gasteiger partial charge in [0.2, 0.25) is 0 Å². The number of benzene rings is 1. The lowest BCUT2D eigenvalue weighted by Crippen LogP contribution is -2.70. The highest BCUT2D eigenvalue weighted by molar-refractivity contribution is 8.01. The molecule has 0 bridgehead atoms. The van der Waals surface area contributed by atoms with Gasteiger partial charge in [-0.05, 0) is 11.1 Å². The van der Waals surface area contributed by atoms with Gasteiger partial charge >= 0.3 is 17.8 Å². The Morgan fingerprint density at radius 2 is 2.03 bits per heavy atom. The van der Waals surface area contributed by atoms with E-state index in [4.69, 9.17) is 10.2 Å². The number of nitrogens with zero attached hydrogens (tertiary/aromatic N) is 3. The van der Waals surface area contributed by atoms with Gasteiger partial charge < -0.3 is 25.7 Å². The first kappa shape index (κ1) is 22.8. The summed E-state index contributed by atoms with van der Waals surface area (Å²) in [5.74, 6) is -3.48. The molecule has 0 aliphatic carbocycles. The van der Waals surface area contributed by atoms with Gasteiger partial charge in [0.25, 0.3) is 17.0 Å². The molecule has 2 aliphatic heterocycles. The number of amides is 3. The number of thioether (sulfide) groups is 2. The fourth-order valence-electron chi connectivity index (χ4n) is 3.33. The molecule has 5 N–H and O–H groups in total. The van der Waals surface area contributed by atoms with Crippen LogP contribution in [0.15, 0.2) is 51.2 Å². The molecule has 3 amide bonds. The molecule has 1 aromatic carbocycles. The van der Waals surface area contributed by atoms with Crippen LogP contribution in [0.5, 0.6) is 0 Å². The van der Waals surface area contributed by atoms with Crippen molar-refractivity contribution in [3.8, 4) is 0 Å². The molecule has 3 heterocycles. The van der Waals surface area contributed by atoms with Crippen LogP contribution in [0.3, 0.4) is 0 Å². The van der Waals surface area contributed by atoms with Crippen LogP contribution in [0.4, 0.5) is 0 Å². The van der Waals surface area contributed by atoms with Crippen LogP contribution >= 0.6 is 23.5 Å². The van der Waals surface area contributed by atoms with E-state index in [1.54, 1.807) is 30.3 Å². The van der Waals surface area contributed by atoms with Crippen molar-refractivity contribution in [3.63, 3.8) is 0 Å². The van der Waals surface area contributed by atoms with E-state index in [2.05, 4.69) is 15.5 Å². The Morgan fingerprint density at radius 1 is 1.30 bits per heavy atom. The van der Waals surface area contributed by atoms with E-state index in [-0.39, 0.29) is 28.3 Å². The second-order valence-electron chi connectivity index (χ2n) is 6.99. The van der Waals surface area contributed by atoms with Crippen LogP contribution in [-0.2, 0) is 14.4 Å². The number of carboxylic acids is 1. The molecular formula is C19H17N5O7S2. The Labute approximate surface area is 194 Å². The summed E-state index contributed by atoms with van der Waals surface area (Å²) in [6.45, 7) is 0. The Hall–Kier alpha value is -3.36. The number of hydrogen-bond donors (Lipinski definition) is 4. The average Bonchev–Trinajstić information content (AvgIpc) is 3.29. The number of nitrogens with one attached hydrogen (secondary N) is 1. The number of β-lactam (4-membered cyclic amide) rings is 1. The molecule has 1 saturated heterocycles. The van der Waals surface area contributed by atoms with Gasteiger partial charge in [-0.1, -0.05) is 42.1 Å². The maximum absolute atomic E-state index is 12.7. The Morgan fingerprint density at radius 3 is 2.67 bits per heavy atom. The zero-order chi connectivity index (χ0) is 23.7. The van der Waals surface area contributed by atoms with E-state index < -0.39 is 41.2 Å². The monoisotopic (exact) mass is 491 g/mol. The molecule has 12 nitrogen and oxygen atoms in total. The van der Waals surface area contributed by atoms with Crippen LogP contribution in [-0.4, -0.2) is 71.9 Å². The molecule has 3 atom stereocenters. The number of fused-ring (bicyclic) bond motifs is 1. The number of nitrogens with two attached hydrogens (primary N) is 1. The molecule has 0 spiro atoms. The number of hydrogen-bond acceptors (Lipinski definition) is 10. The van der Waals surface area contributed by atoms with Crippen LogP contribution in [0.25, 0.3) is 0 Å². The van der Waals surface area contributed by atoms with Crippen LogP contribution in [0.1, 0.15) is 22.4 Å². The van der Waals surface area contributed by atoms with Gasteiger partial charge in [-0.25, -0.2) is 4.79 Å². The average molecular weight is 492 g/mol. The largest absolute Gasteiger partial charge is 0.477 e. The third-order valence-corrected chi connectivity index (χ3v) is 7.14. The lowest BCUT2D eigenvalue weighted by atomic mass is 10.0. The quantitative estimate of drug-likeness (QED) is 0.281. The first-order valence-corrected chi connectivity index (χ1v) is 11.5. The Balaban J connectivity index is 1.45. The molecule has 33 heavy (non-hydrogen) atoms. The molecule has 14 heteroatoms. The molecule has 0 radical (unpaired) electrons. The maximum atomic E-state index is 12.7. The fourth-order valence-corrected chi connectivity index (χ4v) is 5.58. The van der Waals surface area contributed by atoms with Gasteiger partial charge in [0.15, 0.2) is 6.10 Å². The predicted molar refractivity (Wildman–Crippen MR) is 115 cm³/mol. The van der Waals surface area contributed by atoms with Crippen molar-refractivity contribution < 1.29 is 33.8 Å². The van der Waals surface area contributed by atoms with Gasteiger partial charge in [-0.15, -0.1) is 22.0 Å². The number of aromatic nitrogens is 2. The first-order valence-electron chi connectivity index (χ1n) is 9.47. The number of aliphatic hydroxyl groups excluding tert-OH is 1. The fraction of sp³-hybridized carbons (Fsp3) is 0.263. The molecule has 2 aromatic rings. The highest BCUT2D eigenvalue weighted by atomic mass is 32.2. The number of rotatable bonds is 8. The van der Waals surface area contributed by atoms with Crippen molar-refractivity contribution in [2.45, 2.75) is 22.7 Å². The molecule has 2 aliphatic rings. The number of aliphatic hydroxyl groups is 1. The smallest absolute Gasteiger partial charge is 0.352 e. The SMILES string of the molecule is NC(=O)c1nnc(SCC2=C(C(=O)O)N3C(=O)C(NC(=O)C(O)c4ccccc4)[C@@H]3SC2)o1. The lowest BCUT2D eigenvalue weighted by Gasteiger charge is -2.49. The Bertz CT molecular complexity index is 1150. The normalized spacial score (nSPS) is 20.6. The minimum atomic E-state index is -1.46. The number of carboxylic acid groups (broad SMARTS) is 1. The summed E-state index contributed by atoms with van der Waals surface area (Å²) >= 11 is 2.29. The summed E-state index contributed by atoms with van der Waals surface area (Å²) < 4.78 is 5.07. The minimum absolute atomic E-state index is 0.0307. The van der Waals surface area contributed by atoms with Crippen molar-refractivity contribution in [2.24, 2.45) is 5.73 Å². The van der Waals surface area contributed by atoms with E-state index in [1.807, 2.05) is 0 Å². The van der Waals surface area contributed by atoms with Crippen molar-refractivity contribution >= 4 is 47.2 Å². The van der Waals surface area contributed by atoms with Gasteiger partial charge in [0, 0.05) is 11.5 Å². The number of aliphatic carboxylic acids is 1. The van der Waals surface area contributed by atoms with E-state index >= 15 is 0 Å². The van der Waals surface area contributed by atoms with Gasteiger partial charge in [0.05, 0.1) is 0 Å². The van der Waals surface area contributed by atoms with Gasteiger partial charge in [-0.3, -0.25) is 19.3 Å². The molecular weight excluding hydrogens is 474 g/mol. The summed E-state index contributed by atoms with van der Waals surface area (Å²) in [6, 6.07) is 7.29. The predicted octanol–water partition coefficient (Wildman–Crippen LogP) is -0.267. The molecule has 172 valence electrons. The molecule has 1 aromatic heterocycles. The molecule has 1 fully saturated rings. The number of carbonyl (C=O) groups excluding carboxylic acids is 3. The van der Waals surface area contributed by atoms with Crippen molar-refractivity contribution in [2.75, 3.05) is 11.5 Å². The van der Waals surface area contributed by atoms with E-state index in [0.29, 0.717) is 11.1 Å². The Kier molecular flexibility index (Phi) is 6.40. The van der Waals surface area contributed by atoms with E-state index in [9.17, 15) is 29.4 Å². The zero-order valence-corrected chi connectivity index (χ0v) is 18.3. The lowest BCUT2D eigenvalue weighted by molar-refractivity contribution is -0.151. The highest BCUT2D eigenvalue weighted by Crippen LogP contribution is 2.41. The summed E-state index contributed by atoms with van der Waals surface area (Å²) in [7, 11) is 0. The van der Waals surface area contributed by atoms with Crippen molar-refractivity contribution in [1.82, 2.24) is 20.4 Å². The van der Waals surface area contributed by atoms with Gasteiger partial charge in [-0.2, -0.15) is 0 Å². The third kappa shape index (κ3) is 4.44. The summed E-state index contributed by atoms with van der Waals surface area (Å²) in [6.07, 6.45) is -1.46. The summed E-state index contributed by atoms with van der Waals surface area (Å²) in [5.41, 5.74) is 5.69. The minimum Gasteiger partial charge on any atom is -0.477 e. The maximum Gasteiger partial charge on any atom is 0.352 e. The van der Waals surface area contributed by atoms with Crippen LogP contribution in [0.2, 0.25) is 0 Å². The first-order chi connectivity index (χ1) is 15.8. The van der Waals surface area contributed by atoms with Crippen LogP contribution in [0, 0.1) is 0 Å². The zero-order valence-electron chi connectivity index (χ0n) is 16.7. The molecule has 2 unspecified atom stereocenters. The van der Waals surface area contributed by atoms with E-state index in [1.165, 1.54) is 11.8 Å². The second-order valence-corrected chi connectivity index (χ2v) is 9.02. The van der Waals surface area contributed by atoms with E-state index in [0.717, 1.165) is 16.7 Å². The summed E-state index contributed by atoms with van der Waals surface area (Å²) in [4.78, 5) is 49.2. The third-order valence-electron chi connectivity index (χ3n) is 4.90. The van der Waals surface area contributed by atoms with Crippen LogP contribution < -0.4 is 11.1 Å². The summed E-state index contributed by atoms with van der Waals surface area (Å²) in [5, 5.41) is 29.0. The number of primary amides is 1. The van der Waals surface area contributed by atoms with Gasteiger partial charge in [0.1, 0.15) is 17.1 Å². The topological polar surface area (TPSA) is 189 Å². The highest BCUT2D eigenvalue weighted by Gasteiger charge is 2.54. The number of carbonyl (C=O) groups is 4. The van der Waals surface area contributed by atoms with Crippen molar-refractivity contribution in [1.29, 1.82) is 0 Å². The van der Waals surface area contributed by atoms with Crippen molar-refractivity contribution in [3.05, 3.63) is 53.1 Å². The molecule has 0 saturated carbocycles. The second kappa shape index (κ2) is 9.25. The standard InChI is InChI=1S/C19H17N5O7S2/c20-13(26)15-22-23-19(31-15)33-7-9-6-32-17-10(16(28)24(17)11(9)18(29)30)21-14(27)12(25)8-4-2-1-3-5-8/h1-5,10,12,17,25H,6-7H2,(H2,20,26)(H,21,27)(H,29,30)/t10?,12?,17-/m0/s1.